The Bertz CT molecular complexity index is 374. The Labute approximate surface area is 88.8 Å². The second kappa shape index (κ2) is 5.11. The van der Waals surface area contributed by atoms with Crippen molar-refractivity contribution in [2.75, 3.05) is 5.75 Å². The maximum absolute atomic E-state index is 11.9. The molecule has 82 valence electrons. The third kappa shape index (κ3) is 3.51. The maximum atomic E-state index is 11.9. The zero-order valence-corrected chi connectivity index (χ0v) is 8.89. The highest BCUT2D eigenvalue weighted by molar-refractivity contribution is 7.85. The van der Waals surface area contributed by atoms with Gasteiger partial charge < -0.3 is 0 Å². The molecule has 0 bridgehead atoms. The first-order chi connectivity index (χ1) is 7.00. The van der Waals surface area contributed by atoms with Crippen molar-refractivity contribution in [3.8, 4) is 0 Å². The molecule has 0 aliphatic carbocycles. The fraction of sp³-hybridized carbons (Fsp3) is 0.300. The highest BCUT2D eigenvalue weighted by atomic mass is 32.2. The van der Waals surface area contributed by atoms with Gasteiger partial charge in [-0.1, -0.05) is 17.7 Å². The Morgan fingerprint density at radius 1 is 1.33 bits per heavy atom. The summed E-state index contributed by atoms with van der Waals surface area (Å²) in [4.78, 5) is 11.0. The van der Waals surface area contributed by atoms with Crippen molar-refractivity contribution >= 4 is 16.6 Å². The van der Waals surface area contributed by atoms with E-state index in [2.05, 4.69) is 0 Å². The number of aryl methyl sites for hydroxylation is 1. The molecule has 1 atom stereocenters. The molecule has 0 amide bonds. The normalized spacial score (nSPS) is 12.8. The predicted molar refractivity (Wildman–Crippen MR) is 53.5 cm³/mol. The lowest BCUT2D eigenvalue weighted by atomic mass is 10.2. The fourth-order valence-electron chi connectivity index (χ4n) is 0.966. The molecule has 15 heavy (non-hydrogen) atoms. The lowest BCUT2D eigenvalue weighted by molar-refractivity contribution is -0.126. The van der Waals surface area contributed by atoms with Gasteiger partial charge in [-0.25, -0.2) is 8.78 Å². The Hall–Kier alpha value is -1.10. The molecule has 1 rings (SSSR count). The van der Waals surface area contributed by atoms with Crippen molar-refractivity contribution in [1.82, 2.24) is 0 Å². The van der Waals surface area contributed by atoms with Crippen LogP contribution >= 0.6 is 0 Å². The summed E-state index contributed by atoms with van der Waals surface area (Å²) in [6.07, 6.45) is -3.04. The zero-order valence-electron chi connectivity index (χ0n) is 8.07. The monoisotopic (exact) mass is 232 g/mol. The van der Waals surface area contributed by atoms with E-state index in [-0.39, 0.29) is 0 Å². The topological polar surface area (TPSA) is 34.1 Å². The quantitative estimate of drug-likeness (QED) is 0.795. The van der Waals surface area contributed by atoms with Crippen LogP contribution < -0.4 is 0 Å². The van der Waals surface area contributed by atoms with Crippen molar-refractivity contribution < 1.29 is 17.8 Å². The van der Waals surface area contributed by atoms with E-state index >= 15 is 0 Å². The summed E-state index contributed by atoms with van der Waals surface area (Å²) in [5, 5.41) is 0. The minimum atomic E-state index is -3.04. The van der Waals surface area contributed by atoms with E-state index in [4.69, 9.17) is 0 Å². The number of halogens is 2. The van der Waals surface area contributed by atoms with Crippen molar-refractivity contribution in [3.05, 3.63) is 29.8 Å². The van der Waals surface area contributed by atoms with Crippen molar-refractivity contribution in [1.29, 1.82) is 0 Å². The van der Waals surface area contributed by atoms with Gasteiger partial charge in [-0.3, -0.25) is 9.00 Å². The van der Waals surface area contributed by atoms with E-state index in [1.54, 1.807) is 24.3 Å². The second-order valence-corrected chi connectivity index (χ2v) is 4.52. The highest BCUT2D eigenvalue weighted by Gasteiger charge is 2.18. The number of rotatable bonds is 4. The van der Waals surface area contributed by atoms with Gasteiger partial charge >= 0.3 is 0 Å². The molecule has 0 saturated heterocycles. The van der Waals surface area contributed by atoms with Crippen LogP contribution in [0.25, 0.3) is 0 Å². The first-order valence-electron chi connectivity index (χ1n) is 4.26. The summed E-state index contributed by atoms with van der Waals surface area (Å²) in [6, 6.07) is 6.59. The van der Waals surface area contributed by atoms with Crippen LogP contribution in [0.4, 0.5) is 8.78 Å². The summed E-state index contributed by atoms with van der Waals surface area (Å²) < 4.78 is 35.2. The number of hydrogen-bond acceptors (Lipinski definition) is 2. The molecule has 0 aromatic heterocycles. The van der Waals surface area contributed by atoms with Gasteiger partial charge in [0.05, 0.1) is 16.6 Å². The molecule has 0 N–H and O–H groups in total. The van der Waals surface area contributed by atoms with Crippen molar-refractivity contribution in [2.24, 2.45) is 0 Å². The highest BCUT2D eigenvalue weighted by Crippen LogP contribution is 2.09. The average molecular weight is 232 g/mol. The van der Waals surface area contributed by atoms with Crippen molar-refractivity contribution in [3.63, 3.8) is 0 Å². The van der Waals surface area contributed by atoms with E-state index in [1.165, 1.54) is 0 Å². The third-order valence-corrected chi connectivity index (χ3v) is 3.15. The third-order valence-electron chi connectivity index (χ3n) is 1.80. The van der Waals surface area contributed by atoms with Crippen LogP contribution in [-0.2, 0) is 15.6 Å². The molecule has 0 fully saturated rings. The van der Waals surface area contributed by atoms with Crippen LogP contribution in [0.2, 0.25) is 0 Å². The van der Waals surface area contributed by atoms with Crippen LogP contribution in [0.5, 0.6) is 0 Å². The van der Waals surface area contributed by atoms with Crippen LogP contribution in [0.15, 0.2) is 29.2 Å². The number of Topliss-reactive ketones (excluding diaryl/α,β-unsaturated/α-hetero) is 1. The van der Waals surface area contributed by atoms with E-state index in [0.717, 1.165) is 5.56 Å². The number of carbonyl (C=O) groups excluding carboxylic acids is 1. The number of hydrogen-bond donors (Lipinski definition) is 0. The molecule has 0 unspecified atom stereocenters. The first kappa shape index (κ1) is 12.0. The van der Waals surface area contributed by atoms with Crippen LogP contribution in [0, 0.1) is 6.92 Å². The molecule has 5 heteroatoms. The zero-order chi connectivity index (χ0) is 11.4. The van der Waals surface area contributed by atoms with Crippen LogP contribution in [0.1, 0.15) is 5.56 Å². The lowest BCUT2D eigenvalue weighted by Crippen LogP contribution is -2.18. The maximum Gasteiger partial charge on any atom is 0.296 e. The molecule has 0 aliphatic rings. The summed E-state index contributed by atoms with van der Waals surface area (Å²) in [5.41, 5.74) is 0.982. The van der Waals surface area contributed by atoms with Crippen LogP contribution in [-0.4, -0.2) is 22.2 Å². The van der Waals surface area contributed by atoms with Gasteiger partial charge in [0.2, 0.25) is 5.78 Å². The molecule has 1 aromatic carbocycles. The fourth-order valence-corrected chi connectivity index (χ4v) is 1.96. The number of carbonyl (C=O) groups is 1. The Balaban J connectivity index is 2.69. The molecular weight excluding hydrogens is 222 g/mol. The summed E-state index contributed by atoms with van der Waals surface area (Å²) in [6.45, 7) is 1.86. The minimum absolute atomic E-state index is 0.398. The number of ketones is 1. The molecule has 1 aromatic rings. The molecule has 2 nitrogen and oxygen atoms in total. The van der Waals surface area contributed by atoms with Gasteiger partial charge in [-0.2, -0.15) is 0 Å². The lowest BCUT2D eigenvalue weighted by Gasteiger charge is -2.01. The van der Waals surface area contributed by atoms with Crippen molar-refractivity contribution in [2.45, 2.75) is 18.2 Å². The largest absolute Gasteiger partial charge is 0.296 e. The first-order valence-corrected chi connectivity index (χ1v) is 5.58. The van der Waals surface area contributed by atoms with Gasteiger partial charge in [0, 0.05) is 4.90 Å². The smallest absolute Gasteiger partial charge is 0.292 e. The Kier molecular flexibility index (Phi) is 4.08. The van der Waals surface area contributed by atoms with E-state index in [9.17, 15) is 17.8 Å². The van der Waals surface area contributed by atoms with E-state index < -0.39 is 28.8 Å². The Morgan fingerprint density at radius 3 is 2.33 bits per heavy atom. The standard InChI is InChI=1S/C10H10F2O2S/c1-7-2-4-8(5-3-7)15(14)6-9(13)10(11)12/h2-5,10H,6H2,1H3/t15-/m1/s1. The molecule has 0 radical (unpaired) electrons. The Morgan fingerprint density at radius 2 is 1.87 bits per heavy atom. The van der Waals surface area contributed by atoms with Gasteiger partial charge in [0.25, 0.3) is 6.43 Å². The SMILES string of the molecule is Cc1ccc([S@](=O)CC(=O)C(F)F)cc1. The average Bonchev–Trinajstić information content (AvgIpc) is 2.18. The molecular formula is C10H10F2O2S. The summed E-state index contributed by atoms with van der Waals surface area (Å²) >= 11 is 0. The van der Waals surface area contributed by atoms with Gasteiger partial charge in [-0.05, 0) is 19.1 Å². The molecule has 0 spiro atoms. The van der Waals surface area contributed by atoms with Gasteiger partial charge in [0.1, 0.15) is 0 Å². The predicted octanol–water partition coefficient (Wildman–Crippen LogP) is 1.94. The van der Waals surface area contributed by atoms with E-state index in [1.807, 2.05) is 6.92 Å². The second-order valence-electron chi connectivity index (χ2n) is 3.07. The van der Waals surface area contributed by atoms with Gasteiger partial charge in [0.15, 0.2) is 0 Å². The molecule has 0 heterocycles. The minimum Gasteiger partial charge on any atom is -0.292 e. The van der Waals surface area contributed by atoms with Crippen LogP contribution in [0.3, 0.4) is 0 Å². The molecule has 0 saturated carbocycles. The van der Waals surface area contributed by atoms with E-state index in [0.29, 0.717) is 4.90 Å². The number of alkyl halides is 2. The van der Waals surface area contributed by atoms with Gasteiger partial charge in [-0.15, -0.1) is 0 Å². The summed E-state index contributed by atoms with van der Waals surface area (Å²) in [7, 11) is -1.67. The summed E-state index contributed by atoms with van der Waals surface area (Å²) in [5.74, 6) is -1.91. The molecule has 0 aliphatic heterocycles. The number of benzene rings is 1.